The highest BCUT2D eigenvalue weighted by Gasteiger charge is 2.30. The summed E-state index contributed by atoms with van der Waals surface area (Å²) in [6.07, 6.45) is 1.20. The third-order valence-electron chi connectivity index (χ3n) is 3.75. The van der Waals surface area contributed by atoms with E-state index in [0.29, 0.717) is 17.9 Å². The summed E-state index contributed by atoms with van der Waals surface area (Å²) in [7, 11) is 0. The summed E-state index contributed by atoms with van der Waals surface area (Å²) < 4.78 is 5.58. The van der Waals surface area contributed by atoms with Crippen LogP contribution in [0.1, 0.15) is 44.5 Å². The predicted molar refractivity (Wildman–Crippen MR) is 80.8 cm³/mol. The highest BCUT2D eigenvalue weighted by Crippen LogP contribution is 2.28. The number of hydrogen-bond donors (Lipinski definition) is 1. The summed E-state index contributed by atoms with van der Waals surface area (Å²) in [5.74, 6) is 2.53. The number of likely N-dealkylation sites (tertiary alicyclic amines) is 1. The van der Waals surface area contributed by atoms with Crippen molar-refractivity contribution in [1.82, 2.24) is 15.2 Å². The molecule has 1 aromatic rings. The smallest absolute Gasteiger partial charge is 0.216 e. The van der Waals surface area contributed by atoms with Gasteiger partial charge >= 0.3 is 0 Å². The van der Waals surface area contributed by atoms with E-state index in [-0.39, 0.29) is 0 Å². The number of nitrogens with one attached hydrogen (secondary N) is 1. The molecule has 1 aliphatic heterocycles. The van der Waals surface area contributed by atoms with E-state index >= 15 is 0 Å². The summed E-state index contributed by atoms with van der Waals surface area (Å²) >= 11 is 0. The molecule has 1 aromatic heterocycles. The number of nitrogens with zero attached hydrogens (tertiary/aromatic N) is 3. The van der Waals surface area contributed by atoms with Crippen LogP contribution in [0.5, 0.6) is 0 Å². The van der Waals surface area contributed by atoms with Crippen molar-refractivity contribution < 1.29 is 4.42 Å². The number of aromatic nitrogens is 1. The molecule has 1 aliphatic rings. The molecule has 0 aromatic carbocycles. The van der Waals surface area contributed by atoms with Crippen molar-refractivity contribution >= 4 is 5.96 Å². The summed E-state index contributed by atoms with van der Waals surface area (Å²) in [6.45, 7) is 14.1. The van der Waals surface area contributed by atoms with Crippen molar-refractivity contribution in [2.75, 3.05) is 19.6 Å². The molecule has 112 valence electrons. The van der Waals surface area contributed by atoms with Gasteiger partial charge in [0.2, 0.25) is 5.89 Å². The summed E-state index contributed by atoms with van der Waals surface area (Å²) in [6, 6.07) is 0. The minimum absolute atomic E-state index is 0.367. The lowest BCUT2D eigenvalue weighted by molar-refractivity contribution is 0.369. The second-order valence-electron chi connectivity index (χ2n) is 6.26. The Hall–Kier alpha value is -1.52. The fraction of sp³-hybridized carbons (Fsp3) is 0.733. The molecular formula is C15H26N4O. The van der Waals surface area contributed by atoms with Gasteiger partial charge in [-0.2, -0.15) is 0 Å². The number of oxazole rings is 1. The lowest BCUT2D eigenvalue weighted by Crippen LogP contribution is -2.40. The Morgan fingerprint density at radius 1 is 1.45 bits per heavy atom. The molecule has 0 spiro atoms. The molecule has 20 heavy (non-hydrogen) atoms. The molecule has 2 heterocycles. The zero-order valence-corrected chi connectivity index (χ0v) is 13.3. The van der Waals surface area contributed by atoms with Gasteiger partial charge in [0.1, 0.15) is 12.3 Å². The van der Waals surface area contributed by atoms with Crippen LogP contribution in [0.25, 0.3) is 0 Å². The molecular weight excluding hydrogens is 252 g/mol. The average molecular weight is 278 g/mol. The van der Waals surface area contributed by atoms with E-state index in [9.17, 15) is 0 Å². The molecule has 5 nitrogen and oxygen atoms in total. The van der Waals surface area contributed by atoms with Gasteiger partial charge in [-0.1, -0.05) is 13.8 Å². The van der Waals surface area contributed by atoms with Gasteiger partial charge in [-0.25, -0.2) is 9.98 Å². The standard InChI is InChI=1S/C15H26N4O/c1-6-16-14(19-8-7-15(4,5)10-19)17-9-13-18-11(2)12(3)20-13/h6-10H2,1-5H3,(H,16,17). The van der Waals surface area contributed by atoms with Gasteiger partial charge in [0, 0.05) is 19.6 Å². The van der Waals surface area contributed by atoms with Crippen LogP contribution in [-0.4, -0.2) is 35.5 Å². The van der Waals surface area contributed by atoms with Crippen molar-refractivity contribution in [3.8, 4) is 0 Å². The van der Waals surface area contributed by atoms with Crippen LogP contribution >= 0.6 is 0 Å². The molecule has 0 aliphatic carbocycles. The second kappa shape index (κ2) is 5.85. The summed E-state index contributed by atoms with van der Waals surface area (Å²) in [4.78, 5) is 11.4. The Kier molecular flexibility index (Phi) is 4.35. The first-order valence-corrected chi connectivity index (χ1v) is 7.37. The quantitative estimate of drug-likeness (QED) is 0.682. The van der Waals surface area contributed by atoms with Crippen molar-refractivity contribution in [3.63, 3.8) is 0 Å². The maximum atomic E-state index is 5.58. The normalized spacial score (nSPS) is 18.6. The highest BCUT2D eigenvalue weighted by atomic mass is 16.4. The fourth-order valence-corrected chi connectivity index (χ4v) is 2.47. The molecule has 0 unspecified atom stereocenters. The second-order valence-corrected chi connectivity index (χ2v) is 6.26. The number of hydrogen-bond acceptors (Lipinski definition) is 3. The third-order valence-corrected chi connectivity index (χ3v) is 3.75. The average Bonchev–Trinajstić information content (AvgIpc) is 2.88. The Labute approximate surface area is 121 Å². The highest BCUT2D eigenvalue weighted by molar-refractivity contribution is 5.80. The molecule has 0 saturated carbocycles. The number of aliphatic imine (C=N–C) groups is 1. The van der Waals surface area contributed by atoms with Gasteiger partial charge in [0.05, 0.1) is 5.69 Å². The largest absolute Gasteiger partial charge is 0.444 e. The van der Waals surface area contributed by atoms with Crippen LogP contribution in [0, 0.1) is 19.3 Å². The predicted octanol–water partition coefficient (Wildman–Crippen LogP) is 2.49. The molecule has 0 atom stereocenters. The van der Waals surface area contributed by atoms with Crippen LogP contribution in [0.3, 0.4) is 0 Å². The number of guanidine groups is 1. The minimum atomic E-state index is 0.367. The van der Waals surface area contributed by atoms with E-state index in [4.69, 9.17) is 4.42 Å². The van der Waals surface area contributed by atoms with Crippen molar-refractivity contribution in [1.29, 1.82) is 0 Å². The van der Waals surface area contributed by atoms with Crippen LogP contribution in [0.2, 0.25) is 0 Å². The van der Waals surface area contributed by atoms with Crippen molar-refractivity contribution in [2.24, 2.45) is 10.4 Å². The molecule has 5 heteroatoms. The van der Waals surface area contributed by atoms with Gasteiger partial charge in [0.25, 0.3) is 0 Å². The first-order valence-electron chi connectivity index (χ1n) is 7.37. The van der Waals surface area contributed by atoms with Crippen LogP contribution < -0.4 is 5.32 Å². The van der Waals surface area contributed by atoms with Crippen LogP contribution in [-0.2, 0) is 6.54 Å². The monoisotopic (exact) mass is 278 g/mol. The van der Waals surface area contributed by atoms with Crippen LogP contribution in [0.15, 0.2) is 9.41 Å². The Balaban J connectivity index is 2.06. The van der Waals surface area contributed by atoms with Crippen molar-refractivity contribution in [2.45, 2.75) is 47.6 Å². The van der Waals surface area contributed by atoms with Gasteiger partial charge in [-0.3, -0.25) is 0 Å². The first kappa shape index (κ1) is 14.9. The molecule has 1 N–H and O–H groups in total. The maximum Gasteiger partial charge on any atom is 0.216 e. The summed E-state index contributed by atoms with van der Waals surface area (Å²) in [5.41, 5.74) is 1.31. The lowest BCUT2D eigenvalue weighted by atomic mass is 9.93. The van der Waals surface area contributed by atoms with Gasteiger partial charge < -0.3 is 14.6 Å². The molecule has 2 rings (SSSR count). The van der Waals surface area contributed by atoms with E-state index < -0.39 is 0 Å². The molecule has 1 saturated heterocycles. The third kappa shape index (κ3) is 3.52. The van der Waals surface area contributed by atoms with E-state index in [1.165, 1.54) is 6.42 Å². The van der Waals surface area contributed by atoms with Gasteiger partial charge in [0.15, 0.2) is 5.96 Å². The van der Waals surface area contributed by atoms with Crippen LogP contribution in [0.4, 0.5) is 0 Å². The number of rotatable bonds is 3. The summed E-state index contributed by atoms with van der Waals surface area (Å²) in [5, 5.41) is 3.36. The zero-order chi connectivity index (χ0) is 14.8. The van der Waals surface area contributed by atoms with Gasteiger partial charge in [-0.05, 0) is 32.6 Å². The Morgan fingerprint density at radius 2 is 2.20 bits per heavy atom. The van der Waals surface area contributed by atoms with Crippen molar-refractivity contribution in [3.05, 3.63) is 17.3 Å². The van der Waals surface area contributed by atoms with E-state index in [1.54, 1.807) is 0 Å². The Morgan fingerprint density at radius 3 is 2.70 bits per heavy atom. The van der Waals surface area contributed by atoms with E-state index in [1.807, 2.05) is 13.8 Å². The SMILES string of the molecule is CCNC(=NCc1nc(C)c(C)o1)N1CCC(C)(C)C1. The molecule has 1 fully saturated rings. The van der Waals surface area contributed by atoms with E-state index in [0.717, 1.165) is 37.0 Å². The molecule has 0 amide bonds. The van der Waals surface area contributed by atoms with E-state index in [2.05, 4.69) is 41.0 Å². The van der Waals surface area contributed by atoms with Gasteiger partial charge in [-0.15, -0.1) is 0 Å². The maximum absolute atomic E-state index is 5.58. The Bertz CT molecular complexity index is 471. The zero-order valence-electron chi connectivity index (χ0n) is 13.3. The topological polar surface area (TPSA) is 53.7 Å². The minimum Gasteiger partial charge on any atom is -0.444 e. The first-order chi connectivity index (χ1) is 9.41. The molecule has 0 radical (unpaired) electrons. The number of aryl methyl sites for hydroxylation is 2. The lowest BCUT2D eigenvalue weighted by Gasteiger charge is -2.23. The molecule has 0 bridgehead atoms. The fourth-order valence-electron chi connectivity index (χ4n) is 2.47.